The standard InChI is InChI=1S/C15H14ClFN2O4S/c16-12-7-10(17)3-4-14(12)23-24(21,22)11-8-13(18-9-11)15(20)19-5-1-2-6-19/h3-4,7-9,18H,1-2,5-6H2. The molecule has 1 saturated heterocycles. The van der Waals surface area contributed by atoms with Crippen LogP contribution >= 0.6 is 11.6 Å². The zero-order chi connectivity index (χ0) is 17.3. The molecule has 3 rings (SSSR count). The van der Waals surface area contributed by atoms with Gasteiger partial charge in [-0.2, -0.15) is 8.42 Å². The number of carbonyl (C=O) groups excluding carboxylic acids is 1. The second kappa shape index (κ2) is 6.45. The number of nitrogens with one attached hydrogen (secondary N) is 1. The van der Waals surface area contributed by atoms with E-state index in [0.29, 0.717) is 13.1 Å². The van der Waals surface area contributed by atoms with Crippen molar-refractivity contribution in [1.29, 1.82) is 0 Å². The fourth-order valence-corrected chi connectivity index (χ4v) is 3.64. The molecular weight excluding hydrogens is 359 g/mol. The van der Waals surface area contributed by atoms with Crippen molar-refractivity contribution < 1.29 is 21.8 Å². The maximum atomic E-state index is 13.0. The summed E-state index contributed by atoms with van der Waals surface area (Å²) < 4.78 is 42.5. The van der Waals surface area contributed by atoms with Gasteiger partial charge in [0.05, 0.1) is 5.02 Å². The number of aromatic amines is 1. The molecule has 2 heterocycles. The van der Waals surface area contributed by atoms with Crippen molar-refractivity contribution >= 4 is 27.6 Å². The van der Waals surface area contributed by atoms with E-state index in [2.05, 4.69) is 4.98 Å². The van der Waals surface area contributed by atoms with Crippen LogP contribution < -0.4 is 4.18 Å². The molecule has 2 aromatic rings. The van der Waals surface area contributed by atoms with Gasteiger partial charge in [0.2, 0.25) is 0 Å². The Hall–Kier alpha value is -2.06. The molecule has 24 heavy (non-hydrogen) atoms. The van der Waals surface area contributed by atoms with Gasteiger partial charge in [0.15, 0.2) is 5.75 Å². The summed E-state index contributed by atoms with van der Waals surface area (Å²) in [7, 11) is -4.19. The minimum absolute atomic E-state index is 0.164. The lowest BCUT2D eigenvalue weighted by atomic mass is 10.3. The van der Waals surface area contributed by atoms with Gasteiger partial charge in [-0.25, -0.2) is 4.39 Å². The first-order valence-electron chi connectivity index (χ1n) is 7.24. The third kappa shape index (κ3) is 3.39. The van der Waals surface area contributed by atoms with E-state index in [1.165, 1.54) is 12.3 Å². The lowest BCUT2D eigenvalue weighted by Crippen LogP contribution is -2.27. The van der Waals surface area contributed by atoms with Crippen LogP contribution in [0.3, 0.4) is 0 Å². The predicted molar refractivity (Wildman–Crippen MR) is 85.2 cm³/mol. The van der Waals surface area contributed by atoms with Crippen LogP contribution in [0.15, 0.2) is 35.4 Å². The number of halogens is 2. The normalized spacial score (nSPS) is 14.8. The lowest BCUT2D eigenvalue weighted by Gasteiger charge is -2.13. The van der Waals surface area contributed by atoms with Crippen LogP contribution in [0.25, 0.3) is 0 Å². The molecule has 0 radical (unpaired) electrons. The van der Waals surface area contributed by atoms with E-state index < -0.39 is 15.9 Å². The van der Waals surface area contributed by atoms with Gasteiger partial charge in [-0.15, -0.1) is 0 Å². The van der Waals surface area contributed by atoms with Gasteiger partial charge in [0.1, 0.15) is 16.4 Å². The molecule has 1 aliphatic rings. The highest BCUT2D eigenvalue weighted by Gasteiger charge is 2.25. The van der Waals surface area contributed by atoms with Gasteiger partial charge in [-0.3, -0.25) is 4.79 Å². The number of amides is 1. The second-order valence-corrected chi connectivity index (χ2v) is 7.31. The molecule has 6 nitrogen and oxygen atoms in total. The Kier molecular flexibility index (Phi) is 4.51. The van der Waals surface area contributed by atoms with Gasteiger partial charge >= 0.3 is 10.1 Å². The smallest absolute Gasteiger partial charge is 0.340 e. The summed E-state index contributed by atoms with van der Waals surface area (Å²) in [5, 5.41) is -0.164. The molecule has 0 unspecified atom stereocenters. The number of benzene rings is 1. The van der Waals surface area contributed by atoms with Crippen LogP contribution in [-0.2, 0) is 10.1 Å². The van der Waals surface area contributed by atoms with E-state index >= 15 is 0 Å². The zero-order valence-corrected chi connectivity index (χ0v) is 14.0. The van der Waals surface area contributed by atoms with Crippen molar-refractivity contribution in [3.05, 3.63) is 47.0 Å². The molecule has 1 fully saturated rings. The molecule has 1 aromatic heterocycles. The first kappa shape index (κ1) is 16.8. The largest absolute Gasteiger partial charge is 0.377 e. The average molecular weight is 373 g/mol. The molecule has 1 amide bonds. The Morgan fingerprint density at radius 1 is 1.25 bits per heavy atom. The number of rotatable bonds is 4. The first-order valence-corrected chi connectivity index (χ1v) is 9.03. The summed E-state index contributed by atoms with van der Waals surface area (Å²) in [4.78, 5) is 16.3. The molecule has 0 saturated carbocycles. The average Bonchev–Trinajstić information content (AvgIpc) is 3.20. The van der Waals surface area contributed by atoms with Gasteiger partial charge in [-0.05, 0) is 37.1 Å². The highest BCUT2D eigenvalue weighted by Crippen LogP contribution is 2.28. The Balaban J connectivity index is 1.81. The topological polar surface area (TPSA) is 79.5 Å². The number of nitrogens with zero attached hydrogens (tertiary/aromatic N) is 1. The number of hydrogen-bond acceptors (Lipinski definition) is 4. The molecule has 0 bridgehead atoms. The van der Waals surface area contributed by atoms with Crippen molar-refractivity contribution in [3.8, 4) is 5.75 Å². The highest BCUT2D eigenvalue weighted by molar-refractivity contribution is 7.87. The van der Waals surface area contributed by atoms with Gasteiger partial charge in [0, 0.05) is 19.3 Å². The van der Waals surface area contributed by atoms with Gasteiger partial charge in [-0.1, -0.05) is 11.6 Å². The molecule has 0 spiro atoms. The monoisotopic (exact) mass is 372 g/mol. The van der Waals surface area contributed by atoms with Crippen LogP contribution in [0.5, 0.6) is 5.75 Å². The Labute approximate surface area is 143 Å². The van der Waals surface area contributed by atoms with E-state index in [-0.39, 0.29) is 27.3 Å². The number of carbonyl (C=O) groups is 1. The third-order valence-corrected chi connectivity index (χ3v) is 5.17. The third-order valence-electron chi connectivity index (χ3n) is 3.66. The fraction of sp³-hybridized carbons (Fsp3) is 0.267. The maximum absolute atomic E-state index is 13.0. The van der Waals surface area contributed by atoms with Crippen LogP contribution in [-0.4, -0.2) is 37.3 Å². The summed E-state index contributed by atoms with van der Waals surface area (Å²) in [5.74, 6) is -1.05. The van der Waals surface area contributed by atoms with Crippen molar-refractivity contribution in [2.24, 2.45) is 0 Å². The fourth-order valence-electron chi connectivity index (χ4n) is 2.44. The number of likely N-dealkylation sites (tertiary alicyclic amines) is 1. The van der Waals surface area contributed by atoms with E-state index in [0.717, 1.165) is 31.0 Å². The van der Waals surface area contributed by atoms with Gasteiger partial charge in [0.25, 0.3) is 5.91 Å². The predicted octanol–water partition coefficient (Wildman–Crippen LogP) is 2.81. The maximum Gasteiger partial charge on any atom is 0.340 e. The molecule has 1 N–H and O–H groups in total. The molecule has 0 aliphatic carbocycles. The van der Waals surface area contributed by atoms with Crippen molar-refractivity contribution in [2.45, 2.75) is 17.7 Å². The van der Waals surface area contributed by atoms with Gasteiger partial charge < -0.3 is 14.1 Å². The highest BCUT2D eigenvalue weighted by atomic mass is 35.5. The quantitative estimate of drug-likeness (QED) is 0.837. The van der Waals surface area contributed by atoms with Crippen LogP contribution in [0.2, 0.25) is 5.02 Å². The first-order chi connectivity index (χ1) is 11.4. The van der Waals surface area contributed by atoms with E-state index in [1.54, 1.807) is 4.90 Å². The van der Waals surface area contributed by atoms with Crippen LogP contribution in [0.1, 0.15) is 23.3 Å². The summed E-state index contributed by atoms with van der Waals surface area (Å²) >= 11 is 5.77. The van der Waals surface area contributed by atoms with Crippen molar-refractivity contribution in [2.75, 3.05) is 13.1 Å². The van der Waals surface area contributed by atoms with Crippen LogP contribution in [0.4, 0.5) is 4.39 Å². The second-order valence-electron chi connectivity index (χ2n) is 5.36. The SMILES string of the molecule is O=C(c1cc(S(=O)(=O)Oc2ccc(F)cc2Cl)c[nH]1)N1CCCC1. The summed E-state index contributed by atoms with van der Waals surface area (Å²) in [6.07, 6.45) is 3.05. The molecule has 128 valence electrons. The lowest BCUT2D eigenvalue weighted by molar-refractivity contribution is 0.0787. The number of H-pyrrole nitrogens is 1. The molecule has 1 aliphatic heterocycles. The van der Waals surface area contributed by atoms with Crippen molar-refractivity contribution in [1.82, 2.24) is 9.88 Å². The summed E-state index contributed by atoms with van der Waals surface area (Å²) in [5.41, 5.74) is 0.171. The summed E-state index contributed by atoms with van der Waals surface area (Å²) in [6.45, 7) is 1.31. The molecule has 0 atom stereocenters. The Bertz CT molecular complexity index is 875. The van der Waals surface area contributed by atoms with E-state index in [9.17, 15) is 17.6 Å². The Morgan fingerprint density at radius 3 is 2.62 bits per heavy atom. The van der Waals surface area contributed by atoms with Crippen molar-refractivity contribution in [3.63, 3.8) is 0 Å². The minimum Gasteiger partial charge on any atom is -0.377 e. The van der Waals surface area contributed by atoms with E-state index in [4.69, 9.17) is 15.8 Å². The van der Waals surface area contributed by atoms with E-state index in [1.807, 2.05) is 0 Å². The number of aromatic nitrogens is 1. The molecular formula is C15H14ClFN2O4S. The Morgan fingerprint density at radius 2 is 1.96 bits per heavy atom. The molecule has 1 aromatic carbocycles. The summed E-state index contributed by atoms with van der Waals surface area (Å²) in [6, 6.07) is 4.33. The number of hydrogen-bond donors (Lipinski definition) is 1. The van der Waals surface area contributed by atoms with Crippen LogP contribution in [0, 0.1) is 5.82 Å². The zero-order valence-electron chi connectivity index (χ0n) is 12.5. The minimum atomic E-state index is -4.19. The molecule has 9 heteroatoms.